The van der Waals surface area contributed by atoms with Crippen molar-refractivity contribution in [3.05, 3.63) is 33.4 Å². The van der Waals surface area contributed by atoms with Crippen LogP contribution in [0.25, 0.3) is 0 Å². The third-order valence-electron chi connectivity index (χ3n) is 3.02. The Hall–Kier alpha value is -1.91. The highest BCUT2D eigenvalue weighted by molar-refractivity contribution is 5.85. The maximum Gasteiger partial charge on any atom is 0.270 e. The number of benzene rings is 1. The van der Waals surface area contributed by atoms with Crippen molar-refractivity contribution in [1.82, 2.24) is 0 Å². The molecule has 0 atom stereocenters. The molecule has 17 heavy (non-hydrogen) atoms. The van der Waals surface area contributed by atoms with Crippen LogP contribution in [0.5, 0.6) is 5.75 Å². The predicted octanol–water partition coefficient (Wildman–Crippen LogP) is 2.58. The third-order valence-corrected chi connectivity index (χ3v) is 3.02. The zero-order valence-electron chi connectivity index (χ0n) is 9.59. The summed E-state index contributed by atoms with van der Waals surface area (Å²) in [5.41, 5.74) is 0.896. The molecule has 2 rings (SSSR count). The van der Waals surface area contributed by atoms with E-state index in [-0.39, 0.29) is 11.4 Å². The van der Waals surface area contributed by atoms with Gasteiger partial charge in [-0.3, -0.25) is 15.1 Å². The average Bonchev–Trinajstić information content (AvgIpc) is 2.21. The number of aryl methyl sites for hydroxylation is 1. The van der Waals surface area contributed by atoms with E-state index < -0.39 is 4.92 Å². The maximum absolute atomic E-state index is 10.7. The van der Waals surface area contributed by atoms with Crippen LogP contribution in [0.1, 0.15) is 30.4 Å². The normalized spacial score (nSPS) is 16.1. The molecule has 1 N–H and O–H groups in total. The van der Waals surface area contributed by atoms with Crippen molar-refractivity contribution >= 4 is 11.9 Å². The molecule has 1 saturated carbocycles. The minimum Gasteiger partial charge on any atom is -0.507 e. The SMILES string of the molecule is Cc1cc([N+](=O)[O-])cc(C=NC2CCC2)c1O. The number of rotatable bonds is 3. The van der Waals surface area contributed by atoms with Crippen molar-refractivity contribution in [1.29, 1.82) is 0 Å². The summed E-state index contributed by atoms with van der Waals surface area (Å²) in [7, 11) is 0. The Kier molecular flexibility index (Phi) is 3.08. The molecule has 0 spiro atoms. The molecule has 0 saturated heterocycles. The van der Waals surface area contributed by atoms with E-state index in [0.717, 1.165) is 12.8 Å². The fraction of sp³-hybridized carbons (Fsp3) is 0.417. The number of nitrogens with zero attached hydrogens (tertiary/aromatic N) is 2. The molecule has 1 aromatic rings. The van der Waals surface area contributed by atoms with Crippen LogP contribution in [-0.2, 0) is 0 Å². The van der Waals surface area contributed by atoms with Crippen LogP contribution in [0.2, 0.25) is 0 Å². The lowest BCUT2D eigenvalue weighted by Crippen LogP contribution is -2.14. The van der Waals surface area contributed by atoms with E-state index in [1.807, 2.05) is 0 Å². The van der Waals surface area contributed by atoms with Gasteiger partial charge in [-0.25, -0.2) is 0 Å². The Morgan fingerprint density at radius 2 is 2.24 bits per heavy atom. The van der Waals surface area contributed by atoms with Gasteiger partial charge in [-0.2, -0.15) is 0 Å². The Morgan fingerprint density at radius 1 is 1.53 bits per heavy atom. The predicted molar refractivity (Wildman–Crippen MR) is 64.7 cm³/mol. The first-order valence-electron chi connectivity index (χ1n) is 5.59. The largest absolute Gasteiger partial charge is 0.507 e. The Bertz CT molecular complexity index is 479. The summed E-state index contributed by atoms with van der Waals surface area (Å²) in [6.07, 6.45) is 4.84. The second-order valence-corrected chi connectivity index (χ2v) is 4.32. The first kappa shape index (κ1) is 11.6. The van der Waals surface area contributed by atoms with Crippen LogP contribution < -0.4 is 0 Å². The number of nitro benzene ring substituents is 1. The molecule has 0 amide bonds. The molecule has 0 aliphatic heterocycles. The molecule has 1 fully saturated rings. The quantitative estimate of drug-likeness (QED) is 0.496. The van der Waals surface area contributed by atoms with Crippen LogP contribution in [0, 0.1) is 17.0 Å². The topological polar surface area (TPSA) is 75.7 Å². The smallest absolute Gasteiger partial charge is 0.270 e. The van der Waals surface area contributed by atoms with Crippen molar-refractivity contribution in [3.8, 4) is 5.75 Å². The third kappa shape index (κ3) is 2.43. The molecule has 0 aromatic heterocycles. The van der Waals surface area contributed by atoms with Crippen molar-refractivity contribution in [2.45, 2.75) is 32.2 Å². The van der Waals surface area contributed by atoms with Crippen LogP contribution in [0.3, 0.4) is 0 Å². The molecule has 1 aromatic carbocycles. The van der Waals surface area contributed by atoms with Gasteiger partial charge in [0, 0.05) is 30.0 Å². The fourth-order valence-corrected chi connectivity index (χ4v) is 1.71. The van der Waals surface area contributed by atoms with Crippen molar-refractivity contribution in [2.75, 3.05) is 0 Å². The van der Waals surface area contributed by atoms with Gasteiger partial charge in [0.2, 0.25) is 0 Å². The molecular formula is C12H14N2O3. The van der Waals surface area contributed by atoms with Gasteiger partial charge in [0.15, 0.2) is 0 Å². The Labute approximate surface area is 99.0 Å². The van der Waals surface area contributed by atoms with Gasteiger partial charge < -0.3 is 5.11 Å². The Balaban J connectivity index is 2.30. The molecular weight excluding hydrogens is 220 g/mol. The first-order chi connectivity index (χ1) is 8.08. The molecule has 0 radical (unpaired) electrons. The van der Waals surface area contributed by atoms with E-state index in [1.165, 1.54) is 18.6 Å². The number of aliphatic imine (C=N–C) groups is 1. The molecule has 0 heterocycles. The molecule has 0 bridgehead atoms. The lowest BCUT2D eigenvalue weighted by atomic mass is 9.94. The number of hydrogen-bond acceptors (Lipinski definition) is 4. The van der Waals surface area contributed by atoms with Crippen molar-refractivity contribution in [2.24, 2.45) is 4.99 Å². The van der Waals surface area contributed by atoms with E-state index in [9.17, 15) is 15.2 Å². The number of non-ortho nitro benzene ring substituents is 1. The summed E-state index contributed by atoms with van der Waals surface area (Å²) < 4.78 is 0. The molecule has 5 heteroatoms. The molecule has 1 aliphatic carbocycles. The number of phenols is 1. The van der Waals surface area contributed by atoms with E-state index in [1.54, 1.807) is 13.1 Å². The summed E-state index contributed by atoms with van der Waals surface area (Å²) in [5.74, 6) is 0.0682. The lowest BCUT2D eigenvalue weighted by molar-refractivity contribution is -0.384. The van der Waals surface area contributed by atoms with E-state index in [2.05, 4.69) is 4.99 Å². The highest BCUT2D eigenvalue weighted by atomic mass is 16.6. The van der Waals surface area contributed by atoms with Crippen LogP contribution in [-0.4, -0.2) is 22.3 Å². The van der Waals surface area contributed by atoms with Gasteiger partial charge >= 0.3 is 0 Å². The summed E-state index contributed by atoms with van der Waals surface area (Å²) >= 11 is 0. The van der Waals surface area contributed by atoms with E-state index in [4.69, 9.17) is 0 Å². The maximum atomic E-state index is 10.7. The minimum atomic E-state index is -0.465. The zero-order valence-corrected chi connectivity index (χ0v) is 9.59. The van der Waals surface area contributed by atoms with Gasteiger partial charge in [0.05, 0.1) is 4.92 Å². The highest BCUT2D eigenvalue weighted by Gasteiger charge is 2.16. The van der Waals surface area contributed by atoms with Gasteiger partial charge in [-0.1, -0.05) is 0 Å². The zero-order chi connectivity index (χ0) is 12.4. The number of aromatic hydroxyl groups is 1. The van der Waals surface area contributed by atoms with Gasteiger partial charge in [-0.15, -0.1) is 0 Å². The second kappa shape index (κ2) is 4.53. The number of hydrogen-bond donors (Lipinski definition) is 1. The first-order valence-corrected chi connectivity index (χ1v) is 5.59. The molecule has 90 valence electrons. The van der Waals surface area contributed by atoms with Crippen molar-refractivity contribution < 1.29 is 10.0 Å². The number of phenolic OH excluding ortho intramolecular Hbond substituents is 1. The van der Waals surface area contributed by atoms with E-state index >= 15 is 0 Å². The highest BCUT2D eigenvalue weighted by Crippen LogP contribution is 2.27. The van der Waals surface area contributed by atoms with Gasteiger partial charge in [0.1, 0.15) is 5.75 Å². The molecule has 1 aliphatic rings. The van der Waals surface area contributed by atoms with Gasteiger partial charge in [-0.05, 0) is 31.7 Å². The second-order valence-electron chi connectivity index (χ2n) is 4.32. The van der Waals surface area contributed by atoms with Crippen LogP contribution in [0.4, 0.5) is 5.69 Å². The minimum absolute atomic E-state index is 0.0182. The summed E-state index contributed by atoms with van der Waals surface area (Å²) in [6.45, 7) is 1.64. The van der Waals surface area contributed by atoms with E-state index in [0.29, 0.717) is 17.2 Å². The van der Waals surface area contributed by atoms with Gasteiger partial charge in [0.25, 0.3) is 5.69 Å². The standard InChI is InChI=1S/C12H14N2O3/c1-8-5-11(14(16)17)6-9(12(8)15)7-13-10-3-2-4-10/h5-7,10,15H,2-4H2,1H3. The lowest BCUT2D eigenvalue weighted by Gasteiger charge is -2.20. The summed E-state index contributed by atoms with van der Waals surface area (Å²) in [4.78, 5) is 14.5. The van der Waals surface area contributed by atoms with Crippen LogP contribution in [0.15, 0.2) is 17.1 Å². The Morgan fingerprint density at radius 3 is 2.76 bits per heavy atom. The fourth-order valence-electron chi connectivity index (χ4n) is 1.71. The average molecular weight is 234 g/mol. The molecule has 5 nitrogen and oxygen atoms in total. The molecule has 0 unspecified atom stereocenters. The van der Waals surface area contributed by atoms with Crippen molar-refractivity contribution in [3.63, 3.8) is 0 Å². The summed E-state index contributed by atoms with van der Waals surface area (Å²) in [6, 6.07) is 3.02. The van der Waals surface area contributed by atoms with Crippen LogP contribution >= 0.6 is 0 Å². The monoisotopic (exact) mass is 234 g/mol. The number of nitro groups is 1. The summed E-state index contributed by atoms with van der Waals surface area (Å²) in [5, 5.41) is 20.5.